The molecule has 0 amide bonds. The molecule has 0 aromatic carbocycles. The highest BCUT2D eigenvalue weighted by molar-refractivity contribution is 5.77. The highest BCUT2D eigenvalue weighted by Gasteiger charge is 2.29. The van der Waals surface area contributed by atoms with Crippen LogP contribution in [0.15, 0.2) is 0 Å². The molecule has 0 aliphatic carbocycles. The van der Waals surface area contributed by atoms with Crippen LogP contribution in [0.3, 0.4) is 0 Å². The second-order valence-corrected chi connectivity index (χ2v) is 2.58. The number of esters is 2. The van der Waals surface area contributed by atoms with Crippen LogP contribution < -0.4 is 0 Å². The summed E-state index contributed by atoms with van der Waals surface area (Å²) < 4.78 is 43.0. The standard InChI is InChI=1S/C8H11F3O4/c1-2-14-6(12)3-4-7(13)15-5-8(9,10)11/h2-5H2,1H3. The Morgan fingerprint density at radius 3 is 1.93 bits per heavy atom. The molecule has 0 N–H and O–H groups in total. The number of carbonyl (C=O) groups is 2. The van der Waals surface area contributed by atoms with Crippen LogP contribution >= 0.6 is 0 Å². The van der Waals surface area contributed by atoms with E-state index in [-0.39, 0.29) is 13.0 Å². The molecule has 0 aromatic rings. The van der Waals surface area contributed by atoms with Gasteiger partial charge in [0.25, 0.3) is 0 Å². The second kappa shape index (κ2) is 6.26. The Hall–Kier alpha value is -1.27. The minimum atomic E-state index is -4.54. The lowest BCUT2D eigenvalue weighted by atomic mass is 10.3. The molecule has 0 aliphatic rings. The van der Waals surface area contributed by atoms with E-state index in [4.69, 9.17) is 0 Å². The van der Waals surface area contributed by atoms with Crippen LogP contribution in [0.5, 0.6) is 0 Å². The fourth-order valence-electron chi connectivity index (χ4n) is 0.672. The lowest BCUT2D eigenvalue weighted by Crippen LogP contribution is -2.20. The van der Waals surface area contributed by atoms with E-state index in [1.54, 1.807) is 6.92 Å². The van der Waals surface area contributed by atoms with Crippen LogP contribution in [-0.4, -0.2) is 31.3 Å². The first-order chi connectivity index (χ1) is 6.85. The molecule has 0 saturated heterocycles. The summed E-state index contributed by atoms with van der Waals surface area (Å²) >= 11 is 0. The van der Waals surface area contributed by atoms with Crippen LogP contribution in [0.1, 0.15) is 19.8 Å². The van der Waals surface area contributed by atoms with Gasteiger partial charge in [-0.15, -0.1) is 0 Å². The zero-order chi connectivity index (χ0) is 11.9. The summed E-state index contributed by atoms with van der Waals surface area (Å²) in [5, 5.41) is 0. The maximum absolute atomic E-state index is 11.6. The molecule has 0 bridgehead atoms. The third-order valence-electron chi connectivity index (χ3n) is 1.24. The van der Waals surface area contributed by atoms with Gasteiger partial charge < -0.3 is 9.47 Å². The van der Waals surface area contributed by atoms with Gasteiger partial charge in [0, 0.05) is 0 Å². The number of carbonyl (C=O) groups excluding carboxylic acids is 2. The molecule has 0 aliphatic heterocycles. The van der Waals surface area contributed by atoms with Crippen molar-refractivity contribution in [3.63, 3.8) is 0 Å². The number of rotatable bonds is 5. The van der Waals surface area contributed by atoms with Gasteiger partial charge in [0.15, 0.2) is 6.61 Å². The zero-order valence-corrected chi connectivity index (χ0v) is 8.10. The summed E-state index contributed by atoms with van der Waals surface area (Å²) in [5.41, 5.74) is 0. The van der Waals surface area contributed by atoms with Crippen LogP contribution in [0.4, 0.5) is 13.2 Å². The van der Waals surface area contributed by atoms with Crippen LogP contribution in [-0.2, 0) is 19.1 Å². The molecule has 4 nitrogen and oxygen atoms in total. The molecular formula is C8H11F3O4. The van der Waals surface area contributed by atoms with Gasteiger partial charge >= 0.3 is 18.1 Å². The van der Waals surface area contributed by atoms with Gasteiger partial charge in [0.1, 0.15) is 0 Å². The second-order valence-electron chi connectivity index (χ2n) is 2.58. The number of hydrogen-bond acceptors (Lipinski definition) is 4. The highest BCUT2D eigenvalue weighted by atomic mass is 19.4. The summed E-state index contributed by atoms with van der Waals surface area (Å²) in [6, 6.07) is 0. The van der Waals surface area contributed by atoms with Gasteiger partial charge in [-0.2, -0.15) is 13.2 Å². The van der Waals surface area contributed by atoms with Gasteiger partial charge in [0.05, 0.1) is 19.4 Å². The van der Waals surface area contributed by atoms with Gasteiger partial charge in [-0.3, -0.25) is 9.59 Å². The number of alkyl halides is 3. The van der Waals surface area contributed by atoms with Crippen LogP contribution in [0.25, 0.3) is 0 Å². The van der Waals surface area contributed by atoms with E-state index in [0.29, 0.717) is 0 Å². The molecule has 0 aromatic heterocycles. The monoisotopic (exact) mass is 228 g/mol. The molecule has 0 rings (SSSR count). The summed E-state index contributed by atoms with van der Waals surface area (Å²) in [4.78, 5) is 21.4. The van der Waals surface area contributed by atoms with E-state index in [1.807, 2.05) is 0 Å². The van der Waals surface area contributed by atoms with Gasteiger partial charge in [0.2, 0.25) is 0 Å². The molecule has 0 fully saturated rings. The molecule has 7 heteroatoms. The fourth-order valence-corrected chi connectivity index (χ4v) is 0.672. The van der Waals surface area contributed by atoms with E-state index in [9.17, 15) is 22.8 Å². The molecule has 0 atom stereocenters. The zero-order valence-electron chi connectivity index (χ0n) is 8.10. The predicted molar refractivity (Wildman–Crippen MR) is 42.9 cm³/mol. The molecule has 15 heavy (non-hydrogen) atoms. The molecule has 0 saturated carbocycles. The van der Waals surface area contributed by atoms with Gasteiger partial charge in [-0.1, -0.05) is 0 Å². The molecular weight excluding hydrogens is 217 g/mol. The van der Waals surface area contributed by atoms with Crippen molar-refractivity contribution in [2.24, 2.45) is 0 Å². The summed E-state index contributed by atoms with van der Waals surface area (Å²) in [6.45, 7) is 0.116. The van der Waals surface area contributed by atoms with Crippen LogP contribution in [0.2, 0.25) is 0 Å². The Morgan fingerprint density at radius 1 is 1.07 bits per heavy atom. The molecule has 0 spiro atoms. The minimum absolute atomic E-state index is 0.163. The number of halogens is 3. The maximum Gasteiger partial charge on any atom is 0.422 e. The first kappa shape index (κ1) is 13.7. The van der Waals surface area contributed by atoms with Crippen molar-refractivity contribution in [3.05, 3.63) is 0 Å². The highest BCUT2D eigenvalue weighted by Crippen LogP contribution is 2.14. The molecule has 88 valence electrons. The first-order valence-electron chi connectivity index (χ1n) is 4.23. The van der Waals surface area contributed by atoms with Gasteiger partial charge in [-0.25, -0.2) is 0 Å². The Kier molecular flexibility index (Phi) is 5.73. The average molecular weight is 228 g/mol. The first-order valence-corrected chi connectivity index (χ1v) is 4.23. The third-order valence-corrected chi connectivity index (χ3v) is 1.24. The van der Waals surface area contributed by atoms with Crippen molar-refractivity contribution in [1.82, 2.24) is 0 Å². The van der Waals surface area contributed by atoms with Gasteiger partial charge in [-0.05, 0) is 6.92 Å². The molecule has 0 heterocycles. The normalized spacial score (nSPS) is 10.9. The molecule has 0 unspecified atom stereocenters. The Labute approximate surface area is 84.3 Å². The Bertz CT molecular complexity index is 224. The van der Waals surface area contributed by atoms with Crippen molar-refractivity contribution in [1.29, 1.82) is 0 Å². The Morgan fingerprint density at radius 2 is 1.53 bits per heavy atom. The molecule has 0 radical (unpaired) electrons. The summed E-state index contributed by atoms with van der Waals surface area (Å²) in [6.07, 6.45) is -5.22. The maximum atomic E-state index is 11.6. The topological polar surface area (TPSA) is 52.6 Å². The fraction of sp³-hybridized carbons (Fsp3) is 0.750. The smallest absolute Gasteiger partial charge is 0.422 e. The van der Waals surface area contributed by atoms with Crippen molar-refractivity contribution < 1.29 is 32.2 Å². The lowest BCUT2D eigenvalue weighted by molar-refractivity contribution is -0.186. The summed E-state index contributed by atoms with van der Waals surface area (Å²) in [7, 11) is 0. The van der Waals surface area contributed by atoms with Crippen molar-refractivity contribution in [3.8, 4) is 0 Å². The minimum Gasteiger partial charge on any atom is -0.466 e. The quantitative estimate of drug-likeness (QED) is 0.668. The van der Waals surface area contributed by atoms with E-state index < -0.39 is 31.1 Å². The van der Waals surface area contributed by atoms with Crippen molar-refractivity contribution in [2.45, 2.75) is 25.9 Å². The average Bonchev–Trinajstić information content (AvgIpc) is 2.11. The van der Waals surface area contributed by atoms with Crippen molar-refractivity contribution >= 4 is 11.9 Å². The lowest BCUT2D eigenvalue weighted by Gasteiger charge is -2.07. The SMILES string of the molecule is CCOC(=O)CCC(=O)OCC(F)(F)F. The summed E-state index contributed by atoms with van der Waals surface area (Å²) in [5.74, 6) is -1.71. The van der Waals surface area contributed by atoms with Crippen LogP contribution in [0, 0.1) is 0 Å². The van der Waals surface area contributed by atoms with Crippen molar-refractivity contribution in [2.75, 3.05) is 13.2 Å². The largest absolute Gasteiger partial charge is 0.466 e. The van der Waals surface area contributed by atoms with E-state index in [0.717, 1.165) is 0 Å². The third kappa shape index (κ3) is 9.04. The number of hydrogen-bond donors (Lipinski definition) is 0. The van der Waals surface area contributed by atoms with E-state index in [2.05, 4.69) is 9.47 Å². The Balaban J connectivity index is 3.62. The van der Waals surface area contributed by atoms with E-state index in [1.165, 1.54) is 0 Å². The van der Waals surface area contributed by atoms with E-state index >= 15 is 0 Å². The number of ether oxygens (including phenoxy) is 2. The predicted octanol–water partition coefficient (Wildman–Crippen LogP) is 1.44.